The Labute approximate surface area is 152 Å². The van der Waals surface area contributed by atoms with Crippen molar-refractivity contribution < 1.29 is 19.2 Å². The molecule has 0 unspecified atom stereocenters. The van der Waals surface area contributed by atoms with Gasteiger partial charge in [0.05, 0.1) is 0 Å². The zero-order chi connectivity index (χ0) is 18.0. The highest BCUT2D eigenvalue weighted by Crippen LogP contribution is 2.49. The van der Waals surface area contributed by atoms with E-state index in [-0.39, 0.29) is 0 Å². The number of hydrogen-bond donors (Lipinski definition) is 0. The van der Waals surface area contributed by atoms with E-state index >= 15 is 0 Å². The van der Waals surface area contributed by atoms with Gasteiger partial charge in [-0.15, -0.1) is 0 Å². The Bertz CT molecular complexity index is 806. The molecule has 0 aliphatic carbocycles. The summed E-state index contributed by atoms with van der Waals surface area (Å²) >= 11 is 0. The van der Waals surface area contributed by atoms with Crippen LogP contribution in [0.4, 0.5) is 0 Å². The van der Waals surface area contributed by atoms with Crippen molar-refractivity contribution in [1.29, 1.82) is 0 Å². The highest BCUT2D eigenvalue weighted by atomic mass is 17.3. The fraction of sp³-hybridized carbons (Fsp3) is 0.182. The number of ether oxygens (including phenoxy) is 2. The Kier molecular flexibility index (Phi) is 4.34. The minimum atomic E-state index is -1.17. The second-order valence-electron chi connectivity index (χ2n) is 6.09. The van der Waals surface area contributed by atoms with Crippen LogP contribution in [0, 0.1) is 0 Å². The van der Waals surface area contributed by atoms with E-state index in [1.165, 1.54) is 0 Å². The molecule has 2 atom stereocenters. The van der Waals surface area contributed by atoms with E-state index in [1.54, 1.807) is 14.2 Å². The van der Waals surface area contributed by atoms with Crippen molar-refractivity contribution >= 4 is 0 Å². The molecule has 3 aromatic rings. The van der Waals surface area contributed by atoms with Crippen molar-refractivity contribution in [2.75, 3.05) is 14.2 Å². The van der Waals surface area contributed by atoms with E-state index in [2.05, 4.69) is 0 Å². The minimum Gasteiger partial charge on any atom is -0.344 e. The van der Waals surface area contributed by atoms with Gasteiger partial charge in [0.25, 0.3) is 11.6 Å². The molecule has 0 spiro atoms. The minimum absolute atomic E-state index is 0.839. The summed E-state index contributed by atoms with van der Waals surface area (Å²) in [5.74, 6) is -2.34. The summed E-state index contributed by atoms with van der Waals surface area (Å²) < 4.78 is 11.7. The topological polar surface area (TPSA) is 36.9 Å². The van der Waals surface area contributed by atoms with E-state index in [0.717, 1.165) is 22.3 Å². The van der Waals surface area contributed by atoms with Gasteiger partial charge < -0.3 is 9.47 Å². The van der Waals surface area contributed by atoms with Crippen LogP contribution in [0.2, 0.25) is 0 Å². The Balaban J connectivity index is 1.96. The predicted molar refractivity (Wildman–Crippen MR) is 97.1 cm³/mol. The average Bonchev–Trinajstić information content (AvgIpc) is 2.74. The Morgan fingerprint density at radius 1 is 0.538 bits per heavy atom. The molecular formula is C22H20O4. The predicted octanol–water partition coefficient (Wildman–Crippen LogP) is 4.34. The normalized spacial score (nSPS) is 24.8. The fourth-order valence-electron chi connectivity index (χ4n) is 3.51. The van der Waals surface area contributed by atoms with Crippen LogP contribution in [0.5, 0.6) is 0 Å². The van der Waals surface area contributed by atoms with E-state index in [0.29, 0.717) is 0 Å². The van der Waals surface area contributed by atoms with Crippen molar-refractivity contribution in [3.05, 3.63) is 107 Å². The monoisotopic (exact) mass is 348 g/mol. The van der Waals surface area contributed by atoms with Crippen LogP contribution in [0.1, 0.15) is 22.3 Å². The molecule has 0 fully saturated rings. The van der Waals surface area contributed by atoms with E-state index in [1.807, 2.05) is 84.9 Å². The first-order valence-electron chi connectivity index (χ1n) is 8.45. The summed E-state index contributed by atoms with van der Waals surface area (Å²) in [5, 5.41) is 0. The summed E-state index contributed by atoms with van der Waals surface area (Å²) in [6, 6.07) is 27.3. The SMILES string of the molecule is CO[C@@]1(c2ccccc2)OO[C@](OC)(c2ccccc2)c2ccccc21. The van der Waals surface area contributed by atoms with Gasteiger partial charge in [-0.05, 0) is 0 Å². The molecule has 0 saturated carbocycles. The first kappa shape index (κ1) is 16.9. The molecule has 0 radical (unpaired) electrons. The van der Waals surface area contributed by atoms with Gasteiger partial charge in [0.1, 0.15) is 0 Å². The molecule has 1 heterocycles. The molecule has 132 valence electrons. The molecule has 1 aliphatic rings. The zero-order valence-corrected chi connectivity index (χ0v) is 14.7. The molecule has 4 heteroatoms. The number of fused-ring (bicyclic) bond motifs is 1. The molecule has 3 aromatic carbocycles. The number of methoxy groups -OCH3 is 2. The number of hydrogen-bond acceptors (Lipinski definition) is 4. The highest BCUT2D eigenvalue weighted by molar-refractivity contribution is 5.46. The summed E-state index contributed by atoms with van der Waals surface area (Å²) in [7, 11) is 3.21. The molecular weight excluding hydrogens is 328 g/mol. The van der Waals surface area contributed by atoms with Crippen molar-refractivity contribution in [3.8, 4) is 0 Å². The Hall–Kier alpha value is -2.50. The molecule has 1 aliphatic heterocycles. The summed E-state index contributed by atoms with van der Waals surface area (Å²) in [6.07, 6.45) is 0. The van der Waals surface area contributed by atoms with Gasteiger partial charge in [-0.3, -0.25) is 0 Å². The maximum atomic E-state index is 5.94. The van der Waals surface area contributed by atoms with Gasteiger partial charge in [0.2, 0.25) is 0 Å². The molecule has 0 bridgehead atoms. The summed E-state index contributed by atoms with van der Waals surface area (Å²) in [6.45, 7) is 0. The molecule has 4 rings (SSSR count). The van der Waals surface area contributed by atoms with Crippen molar-refractivity contribution in [2.24, 2.45) is 0 Å². The van der Waals surface area contributed by atoms with Crippen LogP contribution >= 0.6 is 0 Å². The third-order valence-electron chi connectivity index (χ3n) is 4.80. The van der Waals surface area contributed by atoms with Gasteiger partial charge in [-0.1, -0.05) is 84.9 Å². The maximum absolute atomic E-state index is 5.94. The lowest BCUT2D eigenvalue weighted by Gasteiger charge is -2.44. The molecule has 0 N–H and O–H groups in total. The quantitative estimate of drug-likeness (QED) is 0.657. The Morgan fingerprint density at radius 3 is 1.23 bits per heavy atom. The van der Waals surface area contributed by atoms with Gasteiger partial charge >= 0.3 is 0 Å². The summed E-state index contributed by atoms with van der Waals surface area (Å²) in [5.41, 5.74) is 3.36. The molecule has 0 amide bonds. The molecule has 26 heavy (non-hydrogen) atoms. The van der Waals surface area contributed by atoms with E-state index < -0.39 is 11.6 Å². The molecule has 0 saturated heterocycles. The van der Waals surface area contributed by atoms with E-state index in [4.69, 9.17) is 19.2 Å². The maximum Gasteiger partial charge on any atom is 0.254 e. The number of benzene rings is 3. The largest absolute Gasteiger partial charge is 0.344 e. The third-order valence-corrected chi connectivity index (χ3v) is 4.80. The lowest BCUT2D eigenvalue weighted by atomic mass is 9.86. The lowest BCUT2D eigenvalue weighted by molar-refractivity contribution is -0.504. The van der Waals surface area contributed by atoms with Crippen molar-refractivity contribution in [3.63, 3.8) is 0 Å². The first-order valence-corrected chi connectivity index (χ1v) is 8.45. The van der Waals surface area contributed by atoms with Gasteiger partial charge in [0.15, 0.2) is 0 Å². The van der Waals surface area contributed by atoms with Crippen LogP contribution in [0.25, 0.3) is 0 Å². The number of rotatable bonds is 4. The highest BCUT2D eigenvalue weighted by Gasteiger charge is 2.52. The van der Waals surface area contributed by atoms with Crippen molar-refractivity contribution in [2.45, 2.75) is 11.6 Å². The van der Waals surface area contributed by atoms with Gasteiger partial charge in [-0.25, -0.2) is 0 Å². The van der Waals surface area contributed by atoms with Crippen LogP contribution in [-0.2, 0) is 30.8 Å². The smallest absolute Gasteiger partial charge is 0.254 e. The Morgan fingerprint density at radius 2 is 0.885 bits per heavy atom. The second-order valence-corrected chi connectivity index (χ2v) is 6.09. The average molecular weight is 348 g/mol. The molecule has 4 nitrogen and oxygen atoms in total. The lowest BCUT2D eigenvalue weighted by Crippen LogP contribution is -2.47. The van der Waals surface area contributed by atoms with Crippen molar-refractivity contribution in [1.82, 2.24) is 0 Å². The third kappa shape index (κ3) is 2.39. The van der Waals surface area contributed by atoms with Crippen LogP contribution < -0.4 is 0 Å². The van der Waals surface area contributed by atoms with Crippen LogP contribution in [0.15, 0.2) is 84.9 Å². The van der Waals surface area contributed by atoms with Crippen LogP contribution in [0.3, 0.4) is 0 Å². The van der Waals surface area contributed by atoms with E-state index in [9.17, 15) is 0 Å². The zero-order valence-electron chi connectivity index (χ0n) is 14.7. The standard InChI is InChI=1S/C22H20O4/c1-23-21(17-11-5-3-6-12-17)19-15-9-10-16-20(19)22(24-2,26-25-21)18-13-7-4-8-14-18/h3-16H,1-2H3/t21-,22+. The van der Waals surface area contributed by atoms with Gasteiger partial charge in [-0.2, -0.15) is 9.78 Å². The molecule has 0 aromatic heterocycles. The fourth-order valence-corrected chi connectivity index (χ4v) is 3.51. The first-order chi connectivity index (χ1) is 12.8. The van der Waals surface area contributed by atoms with Crippen LogP contribution in [-0.4, -0.2) is 14.2 Å². The summed E-state index contributed by atoms with van der Waals surface area (Å²) in [4.78, 5) is 11.9. The van der Waals surface area contributed by atoms with Gasteiger partial charge in [0, 0.05) is 36.5 Å². The second kappa shape index (κ2) is 6.67.